The third-order valence-corrected chi connectivity index (χ3v) is 8.23. The van der Waals surface area contributed by atoms with Crippen molar-refractivity contribution < 1.29 is 18.0 Å². The molecule has 4 aromatic rings. The lowest BCUT2D eigenvalue weighted by Crippen LogP contribution is -2.53. The number of carbonyl (C=O) groups excluding carboxylic acids is 2. The number of aryl methyl sites for hydroxylation is 1. The molecule has 2 amide bonds. The smallest absolute Gasteiger partial charge is 0.243 e. The summed E-state index contributed by atoms with van der Waals surface area (Å²) in [6, 6.07) is 35.1. The van der Waals surface area contributed by atoms with E-state index in [4.69, 9.17) is 0 Å². The van der Waals surface area contributed by atoms with E-state index in [9.17, 15) is 18.0 Å². The van der Waals surface area contributed by atoms with Crippen LogP contribution < -0.4 is 5.32 Å². The van der Waals surface area contributed by atoms with Gasteiger partial charge in [0.05, 0.1) is 12.8 Å². The number of nitrogens with zero attached hydrogens (tertiary/aromatic N) is 2. The maximum atomic E-state index is 14.1. The number of rotatable bonds is 13. The Balaban J connectivity index is 1.66. The number of sulfonamides is 1. The molecule has 0 fully saturated rings. The summed E-state index contributed by atoms with van der Waals surface area (Å²) < 4.78 is 26.8. The molecule has 0 aliphatic heterocycles. The predicted octanol–water partition coefficient (Wildman–Crippen LogP) is 4.71. The Kier molecular flexibility index (Phi) is 10.6. The Morgan fingerprint density at radius 3 is 1.71 bits per heavy atom. The lowest BCUT2D eigenvalue weighted by Gasteiger charge is -2.33. The van der Waals surface area contributed by atoms with Crippen LogP contribution in [0.1, 0.15) is 27.8 Å². The molecule has 0 aliphatic rings. The molecule has 0 heterocycles. The molecular weight excluding hydrogens is 546 g/mol. The standard InChI is InChI=1S/C34H37N3O4S/c1-27-18-20-29(21-19-27)23-35-34(39)32(22-28-12-6-3-7-13-28)37(25-31-16-10-5-11-17-31)33(38)26-36(42(2,40)41)24-30-14-8-4-9-15-30/h3-21,32H,22-26H2,1-2H3,(H,35,39). The van der Waals surface area contributed by atoms with E-state index in [0.29, 0.717) is 6.54 Å². The third-order valence-electron chi connectivity index (χ3n) is 7.04. The van der Waals surface area contributed by atoms with Crippen molar-refractivity contribution in [2.24, 2.45) is 0 Å². The van der Waals surface area contributed by atoms with Crippen molar-refractivity contribution in [2.75, 3.05) is 12.8 Å². The second-order valence-electron chi connectivity index (χ2n) is 10.4. The van der Waals surface area contributed by atoms with Crippen LogP contribution in [0.25, 0.3) is 0 Å². The fourth-order valence-electron chi connectivity index (χ4n) is 4.67. The third kappa shape index (κ3) is 9.12. The first kappa shape index (κ1) is 30.7. The van der Waals surface area contributed by atoms with E-state index in [1.54, 1.807) is 0 Å². The fourth-order valence-corrected chi connectivity index (χ4v) is 5.39. The highest BCUT2D eigenvalue weighted by molar-refractivity contribution is 7.88. The highest BCUT2D eigenvalue weighted by Gasteiger charge is 2.32. The zero-order chi connectivity index (χ0) is 30.0. The maximum Gasteiger partial charge on any atom is 0.243 e. The van der Waals surface area contributed by atoms with Crippen LogP contribution in [-0.4, -0.2) is 48.3 Å². The first-order valence-corrected chi connectivity index (χ1v) is 15.7. The lowest BCUT2D eigenvalue weighted by molar-refractivity contribution is -0.141. The zero-order valence-corrected chi connectivity index (χ0v) is 24.8. The zero-order valence-electron chi connectivity index (χ0n) is 24.0. The lowest BCUT2D eigenvalue weighted by atomic mass is 10.0. The van der Waals surface area contributed by atoms with Crippen molar-refractivity contribution in [3.8, 4) is 0 Å². The summed E-state index contributed by atoms with van der Waals surface area (Å²) >= 11 is 0. The Hall–Kier alpha value is -4.27. The number of benzene rings is 4. The number of amides is 2. The molecule has 1 N–H and O–H groups in total. The van der Waals surface area contributed by atoms with Gasteiger partial charge in [0.2, 0.25) is 21.8 Å². The van der Waals surface area contributed by atoms with Gasteiger partial charge in [0.1, 0.15) is 6.04 Å². The molecule has 42 heavy (non-hydrogen) atoms. The molecule has 1 atom stereocenters. The molecule has 0 aromatic heterocycles. The molecule has 0 bridgehead atoms. The van der Waals surface area contributed by atoms with Crippen molar-refractivity contribution in [1.82, 2.24) is 14.5 Å². The summed E-state index contributed by atoms with van der Waals surface area (Å²) in [4.78, 5) is 29.5. The van der Waals surface area contributed by atoms with Crippen molar-refractivity contribution in [3.63, 3.8) is 0 Å². The second kappa shape index (κ2) is 14.6. The normalized spacial score (nSPS) is 12.1. The van der Waals surface area contributed by atoms with Gasteiger partial charge in [0.15, 0.2) is 0 Å². The minimum Gasteiger partial charge on any atom is -0.350 e. The molecule has 8 heteroatoms. The predicted molar refractivity (Wildman–Crippen MR) is 166 cm³/mol. The average Bonchev–Trinajstić information content (AvgIpc) is 2.99. The molecule has 4 rings (SSSR count). The largest absolute Gasteiger partial charge is 0.350 e. The SMILES string of the molecule is Cc1ccc(CNC(=O)C(Cc2ccccc2)N(Cc2ccccc2)C(=O)CN(Cc2ccccc2)S(C)(=O)=O)cc1. The van der Waals surface area contributed by atoms with E-state index in [1.165, 1.54) is 4.90 Å². The van der Waals surface area contributed by atoms with E-state index >= 15 is 0 Å². The van der Waals surface area contributed by atoms with E-state index in [1.807, 2.05) is 122 Å². The summed E-state index contributed by atoms with van der Waals surface area (Å²) in [6.45, 7) is 2.12. The van der Waals surface area contributed by atoms with Gasteiger partial charge >= 0.3 is 0 Å². The average molecular weight is 584 g/mol. The molecule has 1 unspecified atom stereocenters. The minimum atomic E-state index is -3.73. The van der Waals surface area contributed by atoms with Gasteiger partial charge < -0.3 is 10.2 Å². The van der Waals surface area contributed by atoms with Gasteiger partial charge in [-0.25, -0.2) is 8.42 Å². The van der Waals surface area contributed by atoms with Gasteiger partial charge in [0.25, 0.3) is 0 Å². The molecule has 0 saturated heterocycles. The Bertz CT molecular complexity index is 1550. The van der Waals surface area contributed by atoms with Crippen LogP contribution in [0, 0.1) is 6.92 Å². The highest BCUT2D eigenvalue weighted by Crippen LogP contribution is 2.17. The summed E-state index contributed by atoms with van der Waals surface area (Å²) in [5.41, 5.74) is 4.56. The second-order valence-corrected chi connectivity index (χ2v) is 12.4. The first-order chi connectivity index (χ1) is 20.2. The number of nitrogens with one attached hydrogen (secondary N) is 1. The number of hydrogen-bond acceptors (Lipinski definition) is 4. The molecule has 0 radical (unpaired) electrons. The maximum absolute atomic E-state index is 14.1. The van der Waals surface area contributed by atoms with Gasteiger partial charge in [-0.1, -0.05) is 121 Å². The van der Waals surface area contributed by atoms with Crippen molar-refractivity contribution >= 4 is 21.8 Å². The Labute approximate surface area is 248 Å². The van der Waals surface area contributed by atoms with Crippen molar-refractivity contribution in [3.05, 3.63) is 143 Å². The van der Waals surface area contributed by atoms with Crippen LogP contribution in [0.3, 0.4) is 0 Å². The number of carbonyl (C=O) groups is 2. The van der Waals surface area contributed by atoms with Crippen LogP contribution in [0.15, 0.2) is 115 Å². The molecule has 7 nitrogen and oxygen atoms in total. The summed E-state index contributed by atoms with van der Waals surface area (Å²) in [7, 11) is -3.73. The van der Waals surface area contributed by atoms with Gasteiger partial charge in [-0.05, 0) is 29.2 Å². The van der Waals surface area contributed by atoms with E-state index < -0.39 is 28.5 Å². The van der Waals surface area contributed by atoms with E-state index in [0.717, 1.165) is 38.4 Å². The monoisotopic (exact) mass is 583 g/mol. The van der Waals surface area contributed by atoms with Gasteiger partial charge in [0, 0.05) is 26.1 Å². The van der Waals surface area contributed by atoms with Crippen LogP contribution in [0.5, 0.6) is 0 Å². The molecule has 4 aromatic carbocycles. The first-order valence-electron chi connectivity index (χ1n) is 13.9. The molecular formula is C34H37N3O4S. The molecule has 0 spiro atoms. The minimum absolute atomic E-state index is 0.0492. The molecule has 218 valence electrons. The summed E-state index contributed by atoms with van der Waals surface area (Å²) in [5.74, 6) is -0.760. The van der Waals surface area contributed by atoms with Crippen LogP contribution >= 0.6 is 0 Å². The van der Waals surface area contributed by atoms with Crippen molar-refractivity contribution in [2.45, 2.75) is 39.0 Å². The van der Waals surface area contributed by atoms with E-state index in [-0.39, 0.29) is 25.4 Å². The van der Waals surface area contributed by atoms with Gasteiger partial charge in [-0.2, -0.15) is 4.31 Å². The quantitative estimate of drug-likeness (QED) is 0.247. The van der Waals surface area contributed by atoms with Crippen LogP contribution in [0.4, 0.5) is 0 Å². The summed E-state index contributed by atoms with van der Waals surface area (Å²) in [6.07, 6.45) is 1.37. The molecule has 0 saturated carbocycles. The Morgan fingerprint density at radius 2 is 1.19 bits per heavy atom. The van der Waals surface area contributed by atoms with Gasteiger partial charge in [-0.3, -0.25) is 9.59 Å². The number of hydrogen-bond donors (Lipinski definition) is 1. The topological polar surface area (TPSA) is 86.8 Å². The van der Waals surface area contributed by atoms with E-state index in [2.05, 4.69) is 5.32 Å². The van der Waals surface area contributed by atoms with Crippen LogP contribution in [0.2, 0.25) is 0 Å². The molecule has 0 aliphatic carbocycles. The Morgan fingerprint density at radius 1 is 0.690 bits per heavy atom. The summed E-state index contributed by atoms with van der Waals surface area (Å²) in [5, 5.41) is 3.02. The highest BCUT2D eigenvalue weighted by atomic mass is 32.2. The van der Waals surface area contributed by atoms with Gasteiger partial charge in [-0.15, -0.1) is 0 Å². The fraction of sp³-hybridized carbons (Fsp3) is 0.235. The van der Waals surface area contributed by atoms with Crippen LogP contribution in [-0.2, 0) is 45.7 Å². The van der Waals surface area contributed by atoms with Crippen molar-refractivity contribution in [1.29, 1.82) is 0 Å².